The summed E-state index contributed by atoms with van der Waals surface area (Å²) in [6.07, 6.45) is 0.0380. The highest BCUT2D eigenvalue weighted by Crippen LogP contribution is 2.43. The average molecular weight is 666 g/mol. The number of fused-ring (bicyclic) bond motifs is 1. The van der Waals surface area contributed by atoms with Crippen molar-refractivity contribution in [2.45, 2.75) is 58.5 Å². The summed E-state index contributed by atoms with van der Waals surface area (Å²) in [7, 11) is 3.35. The Bertz CT molecular complexity index is 1730. The number of hydrogen-bond acceptors (Lipinski definition) is 7. The smallest absolute Gasteiger partial charge is 0.315 e. The van der Waals surface area contributed by atoms with Gasteiger partial charge in [0.15, 0.2) is 17.8 Å². The van der Waals surface area contributed by atoms with E-state index < -0.39 is 6.29 Å². The normalized spacial score (nSPS) is 20.7. The molecule has 1 fully saturated rings. The number of ether oxygens (including phenoxy) is 4. The lowest BCUT2D eigenvalue weighted by molar-refractivity contribution is -0.276. The summed E-state index contributed by atoms with van der Waals surface area (Å²) in [4.78, 5) is 14.4. The number of nitrogens with zero attached hydrogens (tertiary/aromatic N) is 1. The van der Waals surface area contributed by atoms with Crippen LogP contribution in [0.3, 0.4) is 0 Å². The Labute approximate surface area is 289 Å². The van der Waals surface area contributed by atoms with Gasteiger partial charge in [-0.2, -0.15) is 0 Å². The van der Waals surface area contributed by atoms with Crippen molar-refractivity contribution in [2.24, 2.45) is 5.92 Å². The molecule has 2 aliphatic rings. The zero-order valence-corrected chi connectivity index (χ0v) is 28.8. The van der Waals surface area contributed by atoms with Crippen molar-refractivity contribution in [3.8, 4) is 22.6 Å². The van der Waals surface area contributed by atoms with Crippen molar-refractivity contribution in [1.82, 2.24) is 15.5 Å². The van der Waals surface area contributed by atoms with Crippen molar-refractivity contribution in [2.75, 3.05) is 33.9 Å². The molecule has 0 bridgehead atoms. The summed E-state index contributed by atoms with van der Waals surface area (Å²) in [5, 5.41) is 15.3. The standard InChI is InChI=1S/C40H47N3O6/c1-5-41-40(45)42-22-28-8-6-9-30(18-28)31-10-7-11-33(19-31)39-48-37(26(2)38(49-39)29-14-12-27(25-44)13-15-29)24-43-17-16-32-20-35(46-3)36(47-4)21-34(32)23-43/h6-15,18-21,26,37-39,44H,5,16-17,22-25H2,1-4H3,(H2,41,42,45)/t26-,37+,38+,39+/m1/s1. The van der Waals surface area contributed by atoms with Gasteiger partial charge in [0.25, 0.3) is 0 Å². The number of carbonyl (C=O) groups excluding carboxylic acids is 1. The highest BCUT2D eigenvalue weighted by Gasteiger charge is 2.39. The molecule has 4 aromatic carbocycles. The van der Waals surface area contributed by atoms with Crippen LogP contribution in [0, 0.1) is 5.92 Å². The Hall–Kier alpha value is -4.41. The molecule has 0 saturated carbocycles. The molecule has 6 rings (SSSR count). The molecular weight excluding hydrogens is 618 g/mol. The van der Waals surface area contributed by atoms with Crippen LogP contribution in [0.4, 0.5) is 4.79 Å². The summed E-state index contributed by atoms with van der Waals surface area (Å²) >= 11 is 0. The topological polar surface area (TPSA) is 102 Å². The van der Waals surface area contributed by atoms with E-state index in [-0.39, 0.29) is 30.8 Å². The van der Waals surface area contributed by atoms with Crippen molar-refractivity contribution in [1.29, 1.82) is 0 Å². The van der Waals surface area contributed by atoms with Gasteiger partial charge in [-0.25, -0.2) is 4.79 Å². The van der Waals surface area contributed by atoms with Crippen molar-refractivity contribution in [3.63, 3.8) is 0 Å². The van der Waals surface area contributed by atoms with Crippen molar-refractivity contribution in [3.05, 3.63) is 118 Å². The zero-order chi connectivity index (χ0) is 34.3. The van der Waals surface area contributed by atoms with Gasteiger partial charge in [0.2, 0.25) is 0 Å². The molecule has 4 aromatic rings. The van der Waals surface area contributed by atoms with Gasteiger partial charge in [0.1, 0.15) is 0 Å². The van der Waals surface area contributed by atoms with Crippen LogP contribution < -0.4 is 20.1 Å². The van der Waals surface area contributed by atoms with Gasteiger partial charge >= 0.3 is 6.03 Å². The molecule has 2 aliphatic heterocycles. The quantitative estimate of drug-likeness (QED) is 0.168. The number of benzene rings is 4. The second-order valence-electron chi connectivity index (χ2n) is 12.8. The number of hydrogen-bond donors (Lipinski definition) is 3. The Balaban J connectivity index is 1.25. The lowest BCUT2D eigenvalue weighted by atomic mass is 9.89. The number of methoxy groups -OCH3 is 2. The summed E-state index contributed by atoms with van der Waals surface area (Å²) in [6, 6.07) is 28.6. The first kappa shape index (κ1) is 34.5. The largest absolute Gasteiger partial charge is 0.493 e. The molecule has 0 spiro atoms. The van der Waals surface area contributed by atoms with Crippen LogP contribution >= 0.6 is 0 Å². The number of carbonyl (C=O) groups is 1. The number of aliphatic hydroxyl groups is 1. The van der Waals surface area contributed by atoms with Crippen LogP contribution in [-0.4, -0.2) is 56.0 Å². The van der Waals surface area contributed by atoms with Gasteiger partial charge in [0.05, 0.1) is 33.0 Å². The van der Waals surface area contributed by atoms with E-state index in [0.717, 1.165) is 70.9 Å². The van der Waals surface area contributed by atoms with Crippen LogP contribution in [0.5, 0.6) is 11.5 Å². The second-order valence-corrected chi connectivity index (χ2v) is 12.8. The summed E-state index contributed by atoms with van der Waals surface area (Å²) in [5.41, 5.74) is 8.51. The molecular formula is C40H47N3O6. The highest BCUT2D eigenvalue weighted by molar-refractivity contribution is 5.74. The molecule has 9 nitrogen and oxygen atoms in total. The average Bonchev–Trinajstić information content (AvgIpc) is 3.14. The first-order chi connectivity index (χ1) is 23.9. The summed E-state index contributed by atoms with van der Waals surface area (Å²) < 4.78 is 24.8. The predicted octanol–water partition coefficient (Wildman–Crippen LogP) is 6.53. The fourth-order valence-corrected chi connectivity index (χ4v) is 6.81. The van der Waals surface area contributed by atoms with Crippen LogP contribution in [-0.2, 0) is 35.6 Å². The number of amides is 2. The molecule has 0 aliphatic carbocycles. The molecule has 258 valence electrons. The lowest BCUT2D eigenvalue weighted by Crippen LogP contribution is -2.45. The molecule has 49 heavy (non-hydrogen) atoms. The van der Waals surface area contributed by atoms with E-state index in [4.69, 9.17) is 18.9 Å². The van der Waals surface area contributed by atoms with Gasteiger partial charge < -0.3 is 34.7 Å². The van der Waals surface area contributed by atoms with Crippen LogP contribution in [0.15, 0.2) is 84.9 Å². The van der Waals surface area contributed by atoms with E-state index in [1.54, 1.807) is 14.2 Å². The van der Waals surface area contributed by atoms with E-state index in [1.165, 1.54) is 11.1 Å². The van der Waals surface area contributed by atoms with E-state index in [9.17, 15) is 9.90 Å². The molecule has 3 N–H and O–H groups in total. The van der Waals surface area contributed by atoms with Gasteiger partial charge in [-0.1, -0.05) is 67.6 Å². The van der Waals surface area contributed by atoms with Gasteiger partial charge in [-0.05, 0) is 76.6 Å². The minimum Gasteiger partial charge on any atom is -0.493 e. The molecule has 0 unspecified atom stereocenters. The summed E-state index contributed by atoms with van der Waals surface area (Å²) in [6.45, 7) is 7.57. The molecule has 1 saturated heterocycles. The SMILES string of the molecule is CCNC(=O)NCc1cccc(-c2cccc([C@H]3O[C@@H](CN4CCc5cc(OC)c(OC)cc5C4)[C@@H](C)[C@@H](c4ccc(CO)cc4)O3)c2)c1. The molecule has 2 heterocycles. The van der Waals surface area contributed by atoms with Crippen LogP contribution in [0.1, 0.15) is 59.6 Å². The molecule has 4 atom stereocenters. The fraction of sp³-hybridized carbons (Fsp3) is 0.375. The summed E-state index contributed by atoms with van der Waals surface area (Å²) in [5.74, 6) is 1.58. The van der Waals surface area contributed by atoms with Gasteiger partial charge in [0, 0.05) is 44.2 Å². The van der Waals surface area contributed by atoms with E-state index in [2.05, 4.69) is 77.1 Å². The van der Waals surface area contributed by atoms with Gasteiger partial charge in [-0.3, -0.25) is 4.90 Å². The predicted molar refractivity (Wildman–Crippen MR) is 189 cm³/mol. The van der Waals surface area contributed by atoms with Crippen molar-refractivity contribution >= 4 is 6.03 Å². The number of aliphatic hydroxyl groups excluding tert-OH is 1. The van der Waals surface area contributed by atoms with E-state index in [0.29, 0.717) is 13.1 Å². The lowest BCUT2D eigenvalue weighted by Gasteiger charge is -2.43. The molecule has 0 radical (unpaired) electrons. The van der Waals surface area contributed by atoms with E-state index >= 15 is 0 Å². The zero-order valence-electron chi connectivity index (χ0n) is 28.8. The maximum atomic E-state index is 12.0. The molecule has 9 heteroatoms. The Morgan fingerprint density at radius 3 is 2.29 bits per heavy atom. The molecule has 0 aromatic heterocycles. The monoisotopic (exact) mass is 665 g/mol. The number of rotatable bonds is 11. The third kappa shape index (κ3) is 8.08. The molecule has 2 amide bonds. The number of nitrogens with one attached hydrogen (secondary N) is 2. The third-order valence-electron chi connectivity index (χ3n) is 9.57. The number of urea groups is 1. The minimum absolute atomic E-state index is 0.00119. The fourth-order valence-electron chi connectivity index (χ4n) is 6.81. The Kier molecular flexibility index (Phi) is 11.2. The van der Waals surface area contributed by atoms with Crippen LogP contribution in [0.2, 0.25) is 0 Å². The van der Waals surface area contributed by atoms with Crippen LogP contribution in [0.25, 0.3) is 11.1 Å². The first-order valence-electron chi connectivity index (χ1n) is 17.1. The minimum atomic E-state index is -0.576. The maximum absolute atomic E-state index is 12.0. The second kappa shape index (κ2) is 15.9. The maximum Gasteiger partial charge on any atom is 0.315 e. The van der Waals surface area contributed by atoms with E-state index in [1.807, 2.05) is 37.3 Å². The van der Waals surface area contributed by atoms with Gasteiger partial charge in [-0.15, -0.1) is 0 Å². The first-order valence-corrected chi connectivity index (χ1v) is 17.1. The Morgan fingerprint density at radius 1 is 0.857 bits per heavy atom. The highest BCUT2D eigenvalue weighted by atomic mass is 16.7. The third-order valence-corrected chi connectivity index (χ3v) is 9.57. The Morgan fingerprint density at radius 2 is 1.57 bits per heavy atom. The van der Waals surface area contributed by atoms with Crippen molar-refractivity contribution < 1.29 is 28.8 Å².